The van der Waals surface area contributed by atoms with E-state index in [0.29, 0.717) is 0 Å². The lowest BCUT2D eigenvalue weighted by Gasteiger charge is -2.38. The van der Waals surface area contributed by atoms with Gasteiger partial charge >= 0.3 is 0 Å². The Labute approximate surface area is 264 Å². The monoisotopic (exact) mass is 606 g/mol. The molecular weight excluding hydrogens is 570 g/mol. The summed E-state index contributed by atoms with van der Waals surface area (Å²) in [7, 11) is -1.70. The second kappa shape index (κ2) is 11.8. The number of fused-ring (bicyclic) bond motifs is 2. The summed E-state index contributed by atoms with van der Waals surface area (Å²) in [6.07, 6.45) is 0. The fraction of sp³-hybridized carbons (Fsp3) is 0.122. The maximum Gasteiger partial charge on any atom is 0.139 e. The van der Waals surface area contributed by atoms with Crippen molar-refractivity contribution >= 4 is 47.7 Å². The van der Waals surface area contributed by atoms with E-state index in [1.807, 2.05) is 0 Å². The number of para-hydroxylation sites is 2. The van der Waals surface area contributed by atoms with Crippen molar-refractivity contribution in [3.8, 4) is 11.5 Å². The van der Waals surface area contributed by atoms with Crippen LogP contribution in [0.1, 0.15) is 36.1 Å². The van der Waals surface area contributed by atoms with E-state index in [1.54, 1.807) is 0 Å². The molecule has 0 radical (unpaired) electrons. The highest BCUT2D eigenvalue weighted by Gasteiger charge is 2.39. The number of hydrogen-bond donors (Lipinski definition) is 0. The Hall–Kier alpha value is -4.02. The van der Waals surface area contributed by atoms with Crippen LogP contribution >= 0.6 is 15.8 Å². The zero-order valence-electron chi connectivity index (χ0n) is 25.7. The molecule has 0 fully saturated rings. The molecule has 2 atom stereocenters. The summed E-state index contributed by atoms with van der Waals surface area (Å²) in [6.45, 7) is 9.18. The van der Waals surface area contributed by atoms with Crippen LogP contribution in [-0.2, 0) is 5.41 Å². The topological polar surface area (TPSA) is 9.23 Å². The molecule has 0 N–H and O–H groups in total. The first-order valence-corrected chi connectivity index (χ1v) is 17.9. The molecule has 0 saturated carbocycles. The average molecular weight is 607 g/mol. The van der Waals surface area contributed by atoms with Crippen LogP contribution in [0.4, 0.5) is 0 Å². The normalized spacial score (nSPS) is 14.5. The van der Waals surface area contributed by atoms with Gasteiger partial charge in [0.15, 0.2) is 0 Å². The van der Waals surface area contributed by atoms with Crippen molar-refractivity contribution < 1.29 is 4.74 Å². The van der Waals surface area contributed by atoms with Gasteiger partial charge in [0.05, 0.1) is 0 Å². The van der Waals surface area contributed by atoms with Gasteiger partial charge in [-0.2, -0.15) is 0 Å². The van der Waals surface area contributed by atoms with E-state index in [-0.39, 0.29) is 5.41 Å². The lowest BCUT2D eigenvalue weighted by atomic mass is 9.76. The second-order valence-electron chi connectivity index (χ2n) is 11.9. The largest absolute Gasteiger partial charge is 0.455 e. The minimum atomic E-state index is -0.850. The molecule has 1 aliphatic rings. The predicted octanol–water partition coefficient (Wildman–Crippen LogP) is 8.25. The molecule has 0 aromatic heterocycles. The summed E-state index contributed by atoms with van der Waals surface area (Å²) in [5.74, 6) is 2.03. The van der Waals surface area contributed by atoms with Crippen LogP contribution in [0, 0.1) is 13.8 Å². The SMILES string of the molecule is Cc1ccccc1P(c1ccccc1)c1cccc2c1Oc1c(P(c3ccccc3)c3ccccc3C)cccc1C2(C)C. The van der Waals surface area contributed by atoms with Crippen LogP contribution < -0.4 is 36.6 Å². The zero-order chi connectivity index (χ0) is 30.3. The van der Waals surface area contributed by atoms with Gasteiger partial charge in [-0.1, -0.05) is 159 Å². The molecule has 0 amide bonds. The summed E-state index contributed by atoms with van der Waals surface area (Å²) in [5.41, 5.74) is 4.88. The van der Waals surface area contributed by atoms with E-state index in [0.717, 1.165) is 11.5 Å². The molecule has 0 bridgehead atoms. The molecule has 7 rings (SSSR count). The minimum Gasteiger partial charge on any atom is -0.455 e. The lowest BCUT2D eigenvalue weighted by Crippen LogP contribution is -2.33. The number of hydrogen-bond acceptors (Lipinski definition) is 1. The lowest BCUT2D eigenvalue weighted by molar-refractivity contribution is 0.425. The number of benzene rings is 6. The molecule has 216 valence electrons. The zero-order valence-corrected chi connectivity index (χ0v) is 27.4. The molecule has 3 heteroatoms. The Morgan fingerprint density at radius 3 is 1.18 bits per heavy atom. The Balaban J connectivity index is 1.47. The third-order valence-corrected chi connectivity index (χ3v) is 14.0. The van der Waals surface area contributed by atoms with Crippen molar-refractivity contribution in [1.82, 2.24) is 0 Å². The van der Waals surface area contributed by atoms with Gasteiger partial charge in [0.2, 0.25) is 0 Å². The van der Waals surface area contributed by atoms with Crippen LogP contribution in [0.15, 0.2) is 146 Å². The van der Waals surface area contributed by atoms with Crippen molar-refractivity contribution in [1.29, 1.82) is 0 Å². The van der Waals surface area contributed by atoms with E-state index < -0.39 is 15.8 Å². The smallest absolute Gasteiger partial charge is 0.139 e. The third kappa shape index (κ3) is 4.99. The first-order chi connectivity index (χ1) is 21.4. The molecular formula is C41H36OP2. The van der Waals surface area contributed by atoms with Gasteiger partial charge < -0.3 is 4.74 Å². The van der Waals surface area contributed by atoms with Crippen LogP contribution in [-0.4, -0.2) is 0 Å². The molecule has 0 saturated heterocycles. The highest BCUT2D eigenvalue weighted by Crippen LogP contribution is 2.52. The van der Waals surface area contributed by atoms with E-state index in [1.165, 1.54) is 54.1 Å². The number of aryl methyl sites for hydroxylation is 2. The summed E-state index contributed by atoms with van der Waals surface area (Å²) in [4.78, 5) is 0. The molecule has 44 heavy (non-hydrogen) atoms. The molecule has 1 heterocycles. The Bertz CT molecular complexity index is 1810. The maximum absolute atomic E-state index is 7.34. The maximum atomic E-state index is 7.34. The molecule has 1 nitrogen and oxygen atoms in total. The average Bonchev–Trinajstić information content (AvgIpc) is 3.05. The molecule has 2 unspecified atom stereocenters. The van der Waals surface area contributed by atoms with E-state index in [4.69, 9.17) is 4.74 Å². The molecule has 6 aromatic rings. The van der Waals surface area contributed by atoms with Gasteiger partial charge in [0.1, 0.15) is 11.5 Å². The van der Waals surface area contributed by atoms with Crippen molar-refractivity contribution in [2.75, 3.05) is 0 Å². The third-order valence-electron chi connectivity index (χ3n) is 8.76. The minimum absolute atomic E-state index is 0.234. The van der Waals surface area contributed by atoms with Crippen LogP contribution in [0.3, 0.4) is 0 Å². The van der Waals surface area contributed by atoms with Gasteiger partial charge in [0.25, 0.3) is 0 Å². The molecule has 0 spiro atoms. The van der Waals surface area contributed by atoms with E-state index >= 15 is 0 Å². The molecule has 0 aliphatic carbocycles. The van der Waals surface area contributed by atoms with E-state index in [2.05, 4.69) is 173 Å². The molecule has 1 aliphatic heterocycles. The summed E-state index contributed by atoms with van der Waals surface area (Å²) in [5, 5.41) is 7.94. The predicted molar refractivity (Wildman–Crippen MR) is 192 cm³/mol. The van der Waals surface area contributed by atoms with Gasteiger partial charge in [-0.05, 0) is 62.0 Å². The van der Waals surface area contributed by atoms with Gasteiger partial charge in [-0.15, -0.1) is 0 Å². The first kappa shape index (κ1) is 28.7. The van der Waals surface area contributed by atoms with Crippen LogP contribution in [0.2, 0.25) is 0 Å². The van der Waals surface area contributed by atoms with Gasteiger partial charge in [0, 0.05) is 27.2 Å². The summed E-state index contributed by atoms with van der Waals surface area (Å²) >= 11 is 0. The van der Waals surface area contributed by atoms with Crippen molar-refractivity contribution in [3.05, 3.63) is 168 Å². The van der Waals surface area contributed by atoms with E-state index in [9.17, 15) is 0 Å². The van der Waals surface area contributed by atoms with Gasteiger partial charge in [-0.25, -0.2) is 0 Å². The quantitative estimate of drug-likeness (QED) is 0.174. The second-order valence-corrected chi connectivity index (χ2v) is 16.3. The standard InChI is InChI=1S/C41H36OP2/c1-29-17-11-13-25-35(29)43(31-19-7-5-8-20-31)37-27-15-23-33-39(37)42-40-34(41(33,3)4)24-16-28-38(40)44(32-21-9-6-10-22-32)36-26-14-12-18-30(36)2/h5-28H,1-4H3. The van der Waals surface area contributed by atoms with Gasteiger partial charge in [-0.3, -0.25) is 0 Å². The van der Waals surface area contributed by atoms with Crippen molar-refractivity contribution in [2.45, 2.75) is 33.1 Å². The fourth-order valence-electron chi connectivity index (χ4n) is 6.45. The Morgan fingerprint density at radius 1 is 0.409 bits per heavy atom. The fourth-order valence-corrected chi connectivity index (χ4v) is 11.6. The Kier molecular flexibility index (Phi) is 7.72. The number of ether oxygens (including phenoxy) is 1. The van der Waals surface area contributed by atoms with Crippen LogP contribution in [0.25, 0.3) is 0 Å². The van der Waals surface area contributed by atoms with Crippen LogP contribution in [0.5, 0.6) is 11.5 Å². The highest BCUT2D eigenvalue weighted by atomic mass is 31.1. The van der Waals surface area contributed by atoms with Crippen molar-refractivity contribution in [3.63, 3.8) is 0 Å². The Morgan fingerprint density at radius 2 is 0.773 bits per heavy atom. The number of rotatable bonds is 6. The first-order valence-electron chi connectivity index (χ1n) is 15.2. The highest BCUT2D eigenvalue weighted by molar-refractivity contribution is 7.80. The summed E-state index contributed by atoms with van der Waals surface area (Å²) < 4.78 is 7.34. The summed E-state index contributed by atoms with van der Waals surface area (Å²) in [6, 6.07) is 53.2. The molecule has 6 aromatic carbocycles. The van der Waals surface area contributed by atoms with Crippen molar-refractivity contribution in [2.24, 2.45) is 0 Å².